The highest BCUT2D eigenvalue weighted by Crippen LogP contribution is 2.29. The first-order chi connectivity index (χ1) is 11.6. The molecule has 2 aromatic rings. The van der Waals surface area contributed by atoms with E-state index in [4.69, 9.17) is 9.47 Å². The molecule has 24 heavy (non-hydrogen) atoms. The predicted molar refractivity (Wildman–Crippen MR) is 102 cm³/mol. The molecule has 0 saturated heterocycles. The van der Waals surface area contributed by atoms with Crippen LogP contribution in [0.5, 0.6) is 5.75 Å². The van der Waals surface area contributed by atoms with Crippen LogP contribution in [0.4, 0.5) is 5.13 Å². The van der Waals surface area contributed by atoms with Gasteiger partial charge in [0, 0.05) is 20.1 Å². The molecule has 0 aliphatic heterocycles. The molecular weight excluding hydrogens is 392 g/mol. The summed E-state index contributed by atoms with van der Waals surface area (Å²) in [5.74, 6) is 0.764. The number of fused-ring (bicyclic) bond motifs is 1. The van der Waals surface area contributed by atoms with Gasteiger partial charge in [-0.2, -0.15) is 0 Å². The van der Waals surface area contributed by atoms with E-state index in [1.165, 1.54) is 11.3 Å². The number of carbonyl (C=O) groups is 1. The van der Waals surface area contributed by atoms with Crippen LogP contribution in [0, 0.1) is 0 Å². The first kappa shape index (κ1) is 19.1. The minimum absolute atomic E-state index is 0.0430. The molecule has 1 amide bonds. The van der Waals surface area contributed by atoms with Crippen molar-refractivity contribution < 1.29 is 14.3 Å². The van der Waals surface area contributed by atoms with Gasteiger partial charge in [0.2, 0.25) is 5.91 Å². The van der Waals surface area contributed by atoms with E-state index in [-0.39, 0.29) is 10.7 Å². The molecule has 1 heterocycles. The van der Waals surface area contributed by atoms with E-state index in [0.717, 1.165) is 41.6 Å². The molecule has 0 aliphatic carbocycles. The van der Waals surface area contributed by atoms with Crippen LogP contribution in [0.25, 0.3) is 10.2 Å². The smallest absolute Gasteiger partial charge is 0.239 e. The van der Waals surface area contributed by atoms with Gasteiger partial charge in [0.15, 0.2) is 5.13 Å². The number of carbonyl (C=O) groups excluding carboxylic acids is 1. The molecule has 2 rings (SSSR count). The zero-order chi connectivity index (χ0) is 17.4. The number of nitrogens with one attached hydrogen (secondary N) is 1. The highest BCUT2D eigenvalue weighted by atomic mass is 79.9. The summed E-state index contributed by atoms with van der Waals surface area (Å²) >= 11 is 4.89. The Bertz CT molecular complexity index is 662. The summed E-state index contributed by atoms with van der Waals surface area (Å²) in [6.07, 6.45) is 3.77. The normalized spacial score (nSPS) is 12.3. The number of thiazole rings is 1. The third kappa shape index (κ3) is 5.72. The van der Waals surface area contributed by atoms with Crippen molar-refractivity contribution in [3.8, 4) is 5.75 Å². The number of alkyl halides is 1. The van der Waals surface area contributed by atoms with Crippen molar-refractivity contribution in [2.75, 3.05) is 25.6 Å². The van der Waals surface area contributed by atoms with Gasteiger partial charge in [0.25, 0.3) is 0 Å². The second kappa shape index (κ2) is 9.96. The lowest BCUT2D eigenvalue weighted by Crippen LogP contribution is -2.22. The zero-order valence-electron chi connectivity index (χ0n) is 14.0. The van der Waals surface area contributed by atoms with E-state index in [9.17, 15) is 4.79 Å². The third-order valence-corrected chi connectivity index (χ3v) is 5.25. The van der Waals surface area contributed by atoms with E-state index < -0.39 is 0 Å². The summed E-state index contributed by atoms with van der Waals surface area (Å²) < 4.78 is 11.7. The highest BCUT2D eigenvalue weighted by Gasteiger charge is 2.16. The second-order valence-corrected chi connectivity index (χ2v) is 7.58. The third-order valence-electron chi connectivity index (χ3n) is 3.45. The number of benzene rings is 1. The van der Waals surface area contributed by atoms with Gasteiger partial charge in [-0.15, -0.1) is 0 Å². The molecule has 0 spiro atoms. The van der Waals surface area contributed by atoms with Gasteiger partial charge in [0.1, 0.15) is 5.75 Å². The Morgan fingerprint density at radius 3 is 2.96 bits per heavy atom. The first-order valence-electron chi connectivity index (χ1n) is 8.11. The van der Waals surface area contributed by atoms with Crippen molar-refractivity contribution in [1.82, 2.24) is 4.98 Å². The average molecular weight is 415 g/mol. The Kier molecular flexibility index (Phi) is 7.94. The van der Waals surface area contributed by atoms with Gasteiger partial charge in [0.05, 0.1) is 21.7 Å². The first-order valence-corrected chi connectivity index (χ1v) is 9.84. The van der Waals surface area contributed by atoms with Crippen LogP contribution < -0.4 is 10.1 Å². The molecule has 1 N–H and O–H groups in total. The molecule has 0 saturated carbocycles. The number of methoxy groups -OCH3 is 1. The van der Waals surface area contributed by atoms with E-state index in [1.54, 1.807) is 7.11 Å². The van der Waals surface area contributed by atoms with Crippen LogP contribution in [0.1, 0.15) is 32.6 Å². The van der Waals surface area contributed by atoms with E-state index in [0.29, 0.717) is 18.3 Å². The molecule has 0 radical (unpaired) electrons. The van der Waals surface area contributed by atoms with Crippen molar-refractivity contribution >= 4 is 48.5 Å². The summed E-state index contributed by atoms with van der Waals surface area (Å²) in [5, 5.41) is 3.50. The summed E-state index contributed by atoms with van der Waals surface area (Å²) in [7, 11) is 1.68. The molecule has 0 aliphatic rings. The largest absolute Gasteiger partial charge is 0.493 e. The number of aromatic nitrogens is 1. The summed E-state index contributed by atoms with van der Waals surface area (Å²) in [4.78, 5) is 16.4. The van der Waals surface area contributed by atoms with Gasteiger partial charge in [-0.05, 0) is 24.6 Å². The molecule has 1 aromatic heterocycles. The Morgan fingerprint density at radius 1 is 1.38 bits per heavy atom. The number of unbranched alkanes of at least 4 members (excludes halogenated alkanes) is 1. The van der Waals surface area contributed by atoms with Crippen LogP contribution in [0.15, 0.2) is 18.2 Å². The van der Waals surface area contributed by atoms with Crippen molar-refractivity contribution in [3.63, 3.8) is 0 Å². The van der Waals surface area contributed by atoms with Crippen LogP contribution in [-0.2, 0) is 9.53 Å². The maximum Gasteiger partial charge on any atom is 0.239 e. The van der Waals surface area contributed by atoms with Gasteiger partial charge < -0.3 is 14.8 Å². The maximum absolute atomic E-state index is 12.1. The monoisotopic (exact) mass is 414 g/mol. The molecule has 1 atom stereocenters. The molecule has 0 bridgehead atoms. The molecule has 7 heteroatoms. The lowest BCUT2D eigenvalue weighted by Gasteiger charge is -2.07. The van der Waals surface area contributed by atoms with E-state index in [1.807, 2.05) is 18.2 Å². The molecular formula is C17H23BrN2O3S. The predicted octanol–water partition coefficient (Wildman–Crippen LogP) is 4.60. The molecule has 132 valence electrons. The Morgan fingerprint density at radius 2 is 2.21 bits per heavy atom. The van der Waals surface area contributed by atoms with Gasteiger partial charge in [-0.3, -0.25) is 4.79 Å². The second-order valence-electron chi connectivity index (χ2n) is 5.44. The fourth-order valence-electron chi connectivity index (χ4n) is 2.14. The highest BCUT2D eigenvalue weighted by molar-refractivity contribution is 9.10. The van der Waals surface area contributed by atoms with E-state index in [2.05, 4.69) is 33.2 Å². The van der Waals surface area contributed by atoms with Crippen LogP contribution >= 0.6 is 27.3 Å². The molecule has 5 nitrogen and oxygen atoms in total. The Hall–Kier alpha value is -1.18. The number of halogens is 1. The lowest BCUT2D eigenvalue weighted by molar-refractivity contribution is -0.115. The van der Waals surface area contributed by atoms with Crippen LogP contribution in [-0.4, -0.2) is 36.0 Å². The standard InChI is InChI=1S/C17H23BrN2O3S/c1-3-4-6-13(18)16(21)20-17-19-14-8-7-12(11-15(14)24-17)23-10-5-9-22-2/h7-8,11,13H,3-6,9-10H2,1-2H3,(H,19,20,21). The lowest BCUT2D eigenvalue weighted by atomic mass is 10.2. The Labute approximate surface area is 154 Å². The average Bonchev–Trinajstić information content (AvgIpc) is 2.97. The zero-order valence-corrected chi connectivity index (χ0v) is 16.4. The van der Waals surface area contributed by atoms with Crippen molar-refractivity contribution in [1.29, 1.82) is 0 Å². The number of rotatable bonds is 10. The quantitative estimate of drug-likeness (QED) is 0.455. The van der Waals surface area contributed by atoms with Gasteiger partial charge >= 0.3 is 0 Å². The topological polar surface area (TPSA) is 60.5 Å². The minimum atomic E-state index is -0.177. The van der Waals surface area contributed by atoms with Gasteiger partial charge in [-0.25, -0.2) is 4.98 Å². The van der Waals surface area contributed by atoms with E-state index >= 15 is 0 Å². The minimum Gasteiger partial charge on any atom is -0.493 e. The maximum atomic E-state index is 12.1. The number of anilines is 1. The van der Waals surface area contributed by atoms with Gasteiger partial charge in [-0.1, -0.05) is 47.0 Å². The molecule has 1 aromatic carbocycles. The van der Waals surface area contributed by atoms with Crippen molar-refractivity contribution in [2.24, 2.45) is 0 Å². The van der Waals surface area contributed by atoms with Crippen molar-refractivity contribution in [3.05, 3.63) is 18.2 Å². The number of hydrogen-bond donors (Lipinski definition) is 1. The van der Waals surface area contributed by atoms with Crippen LogP contribution in [0.2, 0.25) is 0 Å². The van der Waals surface area contributed by atoms with Crippen LogP contribution in [0.3, 0.4) is 0 Å². The fourth-order valence-corrected chi connectivity index (χ4v) is 3.48. The van der Waals surface area contributed by atoms with Crippen molar-refractivity contribution in [2.45, 2.75) is 37.4 Å². The number of nitrogens with zero attached hydrogens (tertiary/aromatic N) is 1. The number of hydrogen-bond acceptors (Lipinski definition) is 5. The summed E-state index contributed by atoms with van der Waals surface area (Å²) in [5.41, 5.74) is 0.860. The molecule has 0 fully saturated rings. The summed E-state index contributed by atoms with van der Waals surface area (Å²) in [6.45, 7) is 3.41. The Balaban J connectivity index is 1.96. The SMILES string of the molecule is CCCCC(Br)C(=O)Nc1nc2ccc(OCCCOC)cc2s1. The molecule has 1 unspecified atom stereocenters. The number of ether oxygens (including phenoxy) is 2. The fraction of sp³-hybridized carbons (Fsp3) is 0.529. The number of amides is 1. The summed E-state index contributed by atoms with van der Waals surface area (Å²) in [6, 6.07) is 5.77.